The number of nitrogens with two attached hydrogens (primary N) is 1. The van der Waals surface area contributed by atoms with Crippen molar-refractivity contribution in [2.24, 2.45) is 5.73 Å². The third-order valence-corrected chi connectivity index (χ3v) is 7.29. The van der Waals surface area contributed by atoms with E-state index in [1.807, 2.05) is 0 Å². The average Bonchev–Trinajstić information content (AvgIpc) is 3.48. The molecule has 1 aromatic carbocycles. The Morgan fingerprint density at radius 3 is 2.17 bits per heavy atom. The predicted octanol–water partition coefficient (Wildman–Crippen LogP) is 2.76. The van der Waals surface area contributed by atoms with Crippen LogP contribution in [-0.2, 0) is 30.3 Å². The van der Waals surface area contributed by atoms with Crippen molar-refractivity contribution in [2.75, 3.05) is 46.4 Å². The van der Waals surface area contributed by atoms with E-state index in [4.69, 9.17) is 43.5 Å². The fourth-order valence-corrected chi connectivity index (χ4v) is 4.96. The first-order valence-electron chi connectivity index (χ1n) is 12.7. The number of hydrogen-bond donors (Lipinski definition) is 2. The summed E-state index contributed by atoms with van der Waals surface area (Å²) in [6.45, 7) is 2.40. The number of ether oxygens (including phenoxy) is 2. The highest BCUT2D eigenvalue weighted by Gasteiger charge is 2.40. The van der Waals surface area contributed by atoms with Crippen LogP contribution < -0.4 is 5.73 Å². The Balaban J connectivity index is 0.00000322. The molecule has 2 fully saturated rings. The lowest BCUT2D eigenvalue weighted by molar-refractivity contribution is -0.152. The first-order valence-corrected chi connectivity index (χ1v) is 13.5. The van der Waals surface area contributed by atoms with Gasteiger partial charge in [-0.05, 0) is 43.6 Å². The topological polar surface area (TPSA) is 143 Å². The fraction of sp³-hybridized carbons (Fsp3) is 0.517. The monoisotopic (exact) mass is 626 g/mol. The van der Waals surface area contributed by atoms with Crippen LogP contribution in [0.15, 0.2) is 18.2 Å². The number of hydrogen-bond acceptors (Lipinski definition) is 8. The number of amides is 2. The number of carboxylic acid groups (broad SMARTS) is 1. The molecule has 0 bridgehead atoms. The molecule has 0 aliphatic carbocycles. The third kappa shape index (κ3) is 11.4. The van der Waals surface area contributed by atoms with Gasteiger partial charge in [0.1, 0.15) is 12.6 Å². The highest BCUT2D eigenvalue weighted by atomic mass is 35.5. The van der Waals surface area contributed by atoms with Crippen LogP contribution in [0.3, 0.4) is 0 Å². The van der Waals surface area contributed by atoms with E-state index >= 15 is 0 Å². The van der Waals surface area contributed by atoms with Gasteiger partial charge in [-0.3, -0.25) is 19.3 Å². The normalized spacial score (nSPS) is 18.6. The van der Waals surface area contributed by atoms with Crippen LogP contribution in [0.1, 0.15) is 32.3 Å². The Bertz CT molecular complexity index is 1090. The van der Waals surface area contributed by atoms with Gasteiger partial charge in [-0.15, -0.1) is 25.7 Å². The summed E-state index contributed by atoms with van der Waals surface area (Å²) in [5.74, 6) is -2.31. The lowest BCUT2D eigenvalue weighted by Gasteiger charge is -2.46. The summed E-state index contributed by atoms with van der Waals surface area (Å²) in [4.78, 5) is 54.6. The minimum Gasteiger partial charge on any atom is -0.481 e. The summed E-state index contributed by atoms with van der Waals surface area (Å²) in [5, 5.41) is 9.61. The van der Waals surface area contributed by atoms with E-state index < -0.39 is 36.5 Å². The quantitative estimate of drug-likeness (QED) is 0.312. The molecule has 0 saturated carbocycles. The largest absolute Gasteiger partial charge is 0.481 e. The second-order valence-electron chi connectivity index (χ2n) is 9.24. The maximum Gasteiger partial charge on any atom is 0.409 e. The summed E-state index contributed by atoms with van der Waals surface area (Å²) in [7, 11) is 1.26. The van der Waals surface area contributed by atoms with Gasteiger partial charge in [-0.2, -0.15) is 0 Å². The molecule has 3 rings (SSSR count). The number of piperazine rings is 1. The van der Waals surface area contributed by atoms with Crippen molar-refractivity contribution >= 4 is 47.1 Å². The van der Waals surface area contributed by atoms with Crippen molar-refractivity contribution in [3.63, 3.8) is 0 Å². The Morgan fingerprint density at radius 1 is 1.02 bits per heavy atom. The molecule has 2 saturated heterocycles. The molecule has 0 aromatic heterocycles. The van der Waals surface area contributed by atoms with Crippen molar-refractivity contribution in [2.45, 2.75) is 51.2 Å². The number of methoxy groups -OCH3 is 1. The van der Waals surface area contributed by atoms with Gasteiger partial charge in [0.15, 0.2) is 0 Å². The van der Waals surface area contributed by atoms with Crippen molar-refractivity contribution in [3.05, 3.63) is 33.8 Å². The summed E-state index contributed by atoms with van der Waals surface area (Å²) >= 11 is 12.1. The lowest BCUT2D eigenvalue weighted by atomic mass is 10.0. The zero-order chi connectivity index (χ0) is 31.1. The maximum absolute atomic E-state index is 13.5. The van der Waals surface area contributed by atoms with Crippen LogP contribution in [0.2, 0.25) is 10.0 Å². The van der Waals surface area contributed by atoms with Gasteiger partial charge in [0.2, 0.25) is 5.91 Å². The van der Waals surface area contributed by atoms with E-state index in [0.29, 0.717) is 22.2 Å². The second kappa shape index (κ2) is 19.6. The molecule has 3 atom stereocenters. The van der Waals surface area contributed by atoms with Crippen molar-refractivity contribution in [1.29, 1.82) is 0 Å². The molecule has 0 radical (unpaired) electrons. The van der Waals surface area contributed by atoms with Crippen molar-refractivity contribution in [3.8, 4) is 25.7 Å². The summed E-state index contributed by atoms with van der Waals surface area (Å²) in [6.07, 6.45) is 17.0. The number of aliphatic carboxylic acids is 1. The molecule has 42 heavy (non-hydrogen) atoms. The first kappa shape index (κ1) is 38.5. The van der Waals surface area contributed by atoms with E-state index in [2.05, 4.69) is 30.6 Å². The maximum atomic E-state index is 13.5. The van der Waals surface area contributed by atoms with E-state index in [-0.39, 0.29) is 45.5 Å². The fourth-order valence-electron chi connectivity index (χ4n) is 4.64. The van der Waals surface area contributed by atoms with Gasteiger partial charge in [0.05, 0.1) is 42.1 Å². The molecule has 2 heterocycles. The molecule has 2 aliphatic rings. The zero-order valence-corrected chi connectivity index (χ0v) is 24.4. The molecule has 2 aliphatic heterocycles. The average molecular weight is 628 g/mol. The van der Waals surface area contributed by atoms with Crippen LogP contribution in [0.5, 0.6) is 0 Å². The number of carbonyl (C=O) groups excluding carboxylic acids is 3. The van der Waals surface area contributed by atoms with Gasteiger partial charge in [-0.1, -0.05) is 36.7 Å². The van der Waals surface area contributed by atoms with E-state index in [9.17, 15) is 19.2 Å². The van der Waals surface area contributed by atoms with Gasteiger partial charge in [0.25, 0.3) is 0 Å². The molecule has 11 nitrogen and oxygen atoms in total. The number of benzene rings is 1. The number of halogens is 2. The van der Waals surface area contributed by atoms with E-state index in [0.717, 1.165) is 25.9 Å². The molecule has 2 amide bonds. The van der Waals surface area contributed by atoms with Gasteiger partial charge in [0, 0.05) is 19.6 Å². The number of esters is 1. The standard InChI is InChI=1S/C24H32Cl2N4O7.2C2H2.CH4/c1-36-24(35)30-12-16(11-28-6-2-3-7-28)29(21(31)9-15-4-5-18(25)19(26)8-15)13-17(30)14-37-23(34)20(27)10-22(32)33;2*1-2;/h4-5,8,16-17,20H,2-3,6-7,9-14,27H2,1H3,(H,32,33);2*1-2H;1H4/t16-,17+,20-;;;/m1.../s1. The molecule has 0 spiro atoms. The van der Waals surface area contributed by atoms with E-state index in [1.165, 1.54) is 12.0 Å². The lowest BCUT2D eigenvalue weighted by Crippen LogP contribution is -2.65. The molecule has 1 aromatic rings. The number of terminal acetylenes is 2. The van der Waals surface area contributed by atoms with Gasteiger partial charge >= 0.3 is 18.0 Å². The third-order valence-electron chi connectivity index (χ3n) is 6.55. The van der Waals surface area contributed by atoms with Crippen LogP contribution in [0, 0.1) is 25.7 Å². The summed E-state index contributed by atoms with van der Waals surface area (Å²) in [6, 6.07) is 2.64. The number of nitrogens with zero attached hydrogens (tertiary/aromatic N) is 3. The molecular weight excluding hydrogens is 587 g/mol. The second-order valence-corrected chi connectivity index (χ2v) is 10.1. The number of carboxylic acids is 1. The van der Waals surface area contributed by atoms with Crippen LogP contribution in [-0.4, -0.2) is 108 Å². The Kier molecular flexibility index (Phi) is 18.0. The van der Waals surface area contributed by atoms with Crippen LogP contribution >= 0.6 is 23.2 Å². The van der Waals surface area contributed by atoms with Crippen molar-refractivity contribution < 1.29 is 33.8 Å². The Labute approximate surface area is 258 Å². The van der Waals surface area contributed by atoms with Crippen molar-refractivity contribution in [1.82, 2.24) is 14.7 Å². The molecule has 3 N–H and O–H groups in total. The minimum atomic E-state index is -1.34. The highest BCUT2D eigenvalue weighted by Crippen LogP contribution is 2.25. The highest BCUT2D eigenvalue weighted by molar-refractivity contribution is 6.42. The number of likely N-dealkylation sites (tertiary alicyclic amines) is 1. The number of carbonyl (C=O) groups is 4. The SMILES string of the molecule is C.C#C.C#C.COC(=O)N1C[C@@H](CN2CCCC2)N(C(=O)Cc2ccc(Cl)c(Cl)c2)C[C@H]1COC(=O)[C@H](N)CC(=O)O. The first-order chi connectivity index (χ1) is 19.6. The summed E-state index contributed by atoms with van der Waals surface area (Å²) < 4.78 is 10.2. The van der Waals surface area contributed by atoms with Gasteiger partial charge < -0.3 is 30.1 Å². The number of rotatable bonds is 9. The Hall–Kier alpha value is -3.48. The van der Waals surface area contributed by atoms with Gasteiger partial charge in [-0.25, -0.2) is 4.79 Å². The molecule has 232 valence electrons. The zero-order valence-electron chi connectivity index (χ0n) is 22.9. The van der Waals surface area contributed by atoms with E-state index in [1.54, 1.807) is 23.1 Å². The minimum absolute atomic E-state index is 0. The molecule has 13 heteroatoms. The predicted molar refractivity (Wildman–Crippen MR) is 162 cm³/mol. The van der Waals surface area contributed by atoms with Crippen LogP contribution in [0.4, 0.5) is 4.79 Å². The Morgan fingerprint density at radius 2 is 1.62 bits per heavy atom. The summed E-state index contributed by atoms with van der Waals surface area (Å²) in [5.41, 5.74) is 6.29. The van der Waals surface area contributed by atoms with Crippen LogP contribution in [0.25, 0.3) is 0 Å². The smallest absolute Gasteiger partial charge is 0.409 e. The molecular formula is C29H40Cl2N4O7. The molecule has 0 unspecified atom stereocenters.